The first kappa shape index (κ1) is 20.6. The third-order valence-electron chi connectivity index (χ3n) is 4.58. The van der Waals surface area contributed by atoms with Gasteiger partial charge in [0, 0.05) is 0 Å². The van der Waals surface area contributed by atoms with Crippen LogP contribution in [0.2, 0.25) is 0 Å². The van der Waals surface area contributed by atoms with Gasteiger partial charge in [-0.3, -0.25) is 4.79 Å². The number of fused-ring (bicyclic) bond motifs is 1. The van der Waals surface area contributed by atoms with Crippen LogP contribution in [0.3, 0.4) is 0 Å². The zero-order valence-electron chi connectivity index (χ0n) is 16.5. The highest BCUT2D eigenvalue weighted by atomic mass is 79.9. The van der Waals surface area contributed by atoms with Gasteiger partial charge in [-0.2, -0.15) is 5.10 Å². The van der Waals surface area contributed by atoms with Crippen molar-refractivity contribution in [2.75, 3.05) is 7.11 Å². The largest absolute Gasteiger partial charge is 0.493 e. The molecule has 0 bridgehead atoms. The van der Waals surface area contributed by atoms with E-state index in [1.54, 1.807) is 36.4 Å². The number of aromatic amines is 1. The van der Waals surface area contributed by atoms with Gasteiger partial charge in [0.1, 0.15) is 6.61 Å². The number of benzene rings is 3. The van der Waals surface area contributed by atoms with E-state index < -0.39 is 11.2 Å². The smallest absolute Gasteiger partial charge is 0.349 e. The van der Waals surface area contributed by atoms with Crippen LogP contribution in [0, 0.1) is 0 Å². The molecule has 0 unspecified atom stereocenters. The lowest BCUT2D eigenvalue weighted by molar-refractivity contribution is 0.282. The third kappa shape index (κ3) is 4.44. The highest BCUT2D eigenvalue weighted by molar-refractivity contribution is 9.10. The lowest BCUT2D eigenvalue weighted by Gasteiger charge is -2.13. The van der Waals surface area contributed by atoms with Gasteiger partial charge in [-0.1, -0.05) is 42.5 Å². The van der Waals surface area contributed by atoms with Gasteiger partial charge in [-0.25, -0.2) is 4.79 Å². The summed E-state index contributed by atoms with van der Waals surface area (Å²) in [5.41, 5.74) is 0.999. The number of para-hydroxylation sites is 1. The van der Waals surface area contributed by atoms with Crippen LogP contribution in [0.15, 0.2) is 85.9 Å². The molecule has 0 aliphatic rings. The summed E-state index contributed by atoms with van der Waals surface area (Å²) in [6, 6.07) is 20.0. The van der Waals surface area contributed by atoms with Crippen molar-refractivity contribution >= 4 is 33.0 Å². The number of hydrogen-bond donors (Lipinski definition) is 1. The van der Waals surface area contributed by atoms with Crippen LogP contribution in [0.1, 0.15) is 11.1 Å². The van der Waals surface area contributed by atoms with Crippen molar-refractivity contribution in [3.63, 3.8) is 0 Å². The second-order valence-corrected chi connectivity index (χ2v) is 7.50. The molecular formula is C23H18BrN3O4. The maximum atomic E-state index is 12.6. The van der Waals surface area contributed by atoms with Crippen molar-refractivity contribution in [3.05, 3.63) is 103 Å². The monoisotopic (exact) mass is 479 g/mol. The molecule has 8 heteroatoms. The molecule has 0 radical (unpaired) electrons. The molecule has 1 aromatic heterocycles. The van der Waals surface area contributed by atoms with Crippen molar-refractivity contribution < 1.29 is 9.47 Å². The van der Waals surface area contributed by atoms with E-state index in [1.807, 2.05) is 30.3 Å². The summed E-state index contributed by atoms with van der Waals surface area (Å²) in [5, 5.41) is 4.46. The Morgan fingerprint density at radius 1 is 1.06 bits per heavy atom. The van der Waals surface area contributed by atoms with Gasteiger partial charge in [0.25, 0.3) is 5.56 Å². The summed E-state index contributed by atoms with van der Waals surface area (Å²) in [4.78, 5) is 27.5. The van der Waals surface area contributed by atoms with Gasteiger partial charge in [0.05, 0.1) is 28.7 Å². The first-order chi connectivity index (χ1) is 15.1. The summed E-state index contributed by atoms with van der Waals surface area (Å²) in [5.74, 6) is 1.04. The number of halogens is 1. The molecule has 4 aromatic rings. The molecule has 0 saturated carbocycles. The Labute approximate surface area is 185 Å². The average molecular weight is 480 g/mol. The first-order valence-electron chi connectivity index (χ1n) is 9.39. The number of aromatic nitrogens is 2. The van der Waals surface area contributed by atoms with Crippen molar-refractivity contribution in [3.8, 4) is 11.5 Å². The van der Waals surface area contributed by atoms with Gasteiger partial charge in [0.15, 0.2) is 11.5 Å². The number of nitrogens with zero attached hydrogens (tertiary/aromatic N) is 2. The van der Waals surface area contributed by atoms with Crippen molar-refractivity contribution in [1.29, 1.82) is 0 Å². The first-order valence-corrected chi connectivity index (χ1v) is 10.2. The second-order valence-electron chi connectivity index (χ2n) is 6.65. The SMILES string of the molecule is COc1cc(C=Nn2c(=O)[nH]c3ccccc3c2=O)cc(Br)c1OCc1ccccc1. The molecule has 1 heterocycles. The molecule has 0 saturated heterocycles. The normalized spacial score (nSPS) is 11.2. The minimum atomic E-state index is -0.617. The third-order valence-corrected chi connectivity index (χ3v) is 5.17. The van der Waals surface area contributed by atoms with Gasteiger partial charge in [0.2, 0.25) is 0 Å². The Balaban J connectivity index is 1.64. The quantitative estimate of drug-likeness (QED) is 0.424. The van der Waals surface area contributed by atoms with E-state index in [0.29, 0.717) is 39.0 Å². The Bertz CT molecular complexity index is 1380. The molecule has 3 aromatic carbocycles. The molecule has 0 amide bonds. The molecule has 0 fully saturated rings. The van der Waals surface area contributed by atoms with Gasteiger partial charge < -0.3 is 14.5 Å². The topological polar surface area (TPSA) is 85.7 Å². The molecule has 7 nitrogen and oxygen atoms in total. The van der Waals surface area contributed by atoms with Crippen LogP contribution in [-0.2, 0) is 6.61 Å². The molecule has 156 valence electrons. The molecule has 0 spiro atoms. The summed E-state index contributed by atoms with van der Waals surface area (Å²) in [6.45, 7) is 0.380. The maximum Gasteiger partial charge on any atom is 0.349 e. The van der Waals surface area contributed by atoms with Crippen LogP contribution in [-0.4, -0.2) is 23.0 Å². The van der Waals surface area contributed by atoms with E-state index in [-0.39, 0.29) is 0 Å². The second kappa shape index (κ2) is 9.01. The van der Waals surface area contributed by atoms with E-state index in [1.165, 1.54) is 13.3 Å². The Kier molecular flexibility index (Phi) is 5.99. The number of ether oxygens (including phenoxy) is 2. The summed E-state index contributed by atoms with van der Waals surface area (Å²) >= 11 is 3.50. The van der Waals surface area contributed by atoms with Crippen LogP contribution < -0.4 is 20.7 Å². The van der Waals surface area contributed by atoms with Crippen LogP contribution in [0.25, 0.3) is 10.9 Å². The average Bonchev–Trinajstić information content (AvgIpc) is 2.78. The van der Waals surface area contributed by atoms with Gasteiger partial charge in [-0.15, -0.1) is 4.68 Å². The predicted molar refractivity (Wildman–Crippen MR) is 123 cm³/mol. The Morgan fingerprint density at radius 2 is 1.81 bits per heavy atom. The number of hydrogen-bond acceptors (Lipinski definition) is 5. The van der Waals surface area contributed by atoms with Crippen LogP contribution >= 0.6 is 15.9 Å². The van der Waals surface area contributed by atoms with E-state index in [0.717, 1.165) is 10.2 Å². The van der Waals surface area contributed by atoms with E-state index >= 15 is 0 Å². The summed E-state index contributed by atoms with van der Waals surface area (Å²) in [6.07, 6.45) is 1.42. The summed E-state index contributed by atoms with van der Waals surface area (Å²) < 4.78 is 12.8. The highest BCUT2D eigenvalue weighted by Crippen LogP contribution is 2.36. The van der Waals surface area contributed by atoms with Crippen LogP contribution in [0.5, 0.6) is 11.5 Å². The van der Waals surface area contributed by atoms with Gasteiger partial charge in [-0.05, 0) is 51.3 Å². The van der Waals surface area contributed by atoms with E-state index in [4.69, 9.17) is 9.47 Å². The molecule has 0 aliphatic heterocycles. The fraction of sp³-hybridized carbons (Fsp3) is 0.0870. The zero-order valence-corrected chi connectivity index (χ0v) is 18.1. The van der Waals surface area contributed by atoms with Gasteiger partial charge >= 0.3 is 5.69 Å². The highest BCUT2D eigenvalue weighted by Gasteiger charge is 2.12. The van der Waals surface area contributed by atoms with E-state index in [9.17, 15) is 9.59 Å². The number of nitrogens with one attached hydrogen (secondary N) is 1. The van der Waals surface area contributed by atoms with Crippen LogP contribution in [0.4, 0.5) is 0 Å². The standard InChI is InChI=1S/C23H18BrN3O4/c1-30-20-12-16(11-18(24)21(20)31-14-15-7-3-2-4-8-15)13-25-27-22(28)17-9-5-6-10-19(17)26-23(27)29/h2-13H,14H2,1H3,(H,26,29). The van der Waals surface area contributed by atoms with Crippen molar-refractivity contribution in [1.82, 2.24) is 9.66 Å². The lowest BCUT2D eigenvalue weighted by atomic mass is 10.2. The lowest BCUT2D eigenvalue weighted by Crippen LogP contribution is -2.32. The minimum absolute atomic E-state index is 0.377. The molecule has 1 N–H and O–H groups in total. The van der Waals surface area contributed by atoms with Crippen molar-refractivity contribution in [2.24, 2.45) is 5.10 Å². The fourth-order valence-corrected chi connectivity index (χ4v) is 3.64. The summed E-state index contributed by atoms with van der Waals surface area (Å²) in [7, 11) is 1.54. The minimum Gasteiger partial charge on any atom is -0.493 e. The van der Waals surface area contributed by atoms with E-state index in [2.05, 4.69) is 26.0 Å². The zero-order chi connectivity index (χ0) is 21.8. The number of methoxy groups -OCH3 is 1. The number of rotatable bonds is 6. The molecule has 31 heavy (non-hydrogen) atoms. The molecule has 4 rings (SSSR count). The Morgan fingerprint density at radius 3 is 2.58 bits per heavy atom. The predicted octanol–water partition coefficient (Wildman–Crippen LogP) is 3.92. The number of H-pyrrole nitrogens is 1. The van der Waals surface area contributed by atoms with Crippen molar-refractivity contribution in [2.45, 2.75) is 6.61 Å². The fourth-order valence-electron chi connectivity index (χ4n) is 3.07. The Hall–Kier alpha value is -3.65. The maximum absolute atomic E-state index is 12.6. The molecular weight excluding hydrogens is 462 g/mol. The molecule has 0 aliphatic carbocycles. The molecule has 0 atom stereocenters.